The minimum absolute atomic E-state index is 0.103. The Morgan fingerprint density at radius 2 is 1.75 bits per heavy atom. The summed E-state index contributed by atoms with van der Waals surface area (Å²) < 4.78 is 34.1. The third-order valence-electron chi connectivity index (χ3n) is 4.34. The standard InChI is InChI=1S/C22H14BrClN4O3S/c23-15-1-4-18(5-2-15)28-32(29,30)19-8-6-17(7-9-19)26-13-14(12-25)22-27-20-11-16(24)3-10-21(20)31-22/h1-11,13,26,28H/b14-13+. The van der Waals surface area contributed by atoms with Gasteiger partial charge in [-0.1, -0.05) is 27.5 Å². The van der Waals surface area contributed by atoms with Crippen LogP contribution in [0, 0.1) is 11.3 Å². The van der Waals surface area contributed by atoms with Crippen LogP contribution in [0.4, 0.5) is 11.4 Å². The Bertz CT molecular complexity index is 1460. The predicted molar refractivity (Wildman–Crippen MR) is 128 cm³/mol. The van der Waals surface area contributed by atoms with E-state index in [4.69, 9.17) is 16.0 Å². The van der Waals surface area contributed by atoms with Crippen LogP contribution in [0.25, 0.3) is 16.7 Å². The van der Waals surface area contributed by atoms with Crippen molar-refractivity contribution in [3.63, 3.8) is 0 Å². The van der Waals surface area contributed by atoms with Crippen molar-refractivity contribution in [2.75, 3.05) is 10.0 Å². The van der Waals surface area contributed by atoms with Crippen molar-refractivity contribution in [3.05, 3.63) is 88.3 Å². The number of nitriles is 1. The number of benzene rings is 3. The van der Waals surface area contributed by atoms with Crippen molar-refractivity contribution < 1.29 is 12.8 Å². The number of anilines is 2. The molecule has 0 aliphatic carbocycles. The van der Waals surface area contributed by atoms with Crippen LogP contribution in [0.15, 0.2) is 86.7 Å². The Morgan fingerprint density at radius 1 is 1.06 bits per heavy atom. The summed E-state index contributed by atoms with van der Waals surface area (Å²) in [5.74, 6) is 0.148. The predicted octanol–water partition coefficient (Wildman–Crippen LogP) is 6.02. The van der Waals surface area contributed by atoms with Gasteiger partial charge < -0.3 is 9.73 Å². The lowest BCUT2D eigenvalue weighted by Crippen LogP contribution is -2.12. The van der Waals surface area contributed by atoms with Crippen molar-refractivity contribution in [1.82, 2.24) is 4.98 Å². The molecule has 0 saturated heterocycles. The Labute approximate surface area is 197 Å². The Hall–Kier alpha value is -3.32. The molecule has 0 bridgehead atoms. The van der Waals surface area contributed by atoms with Gasteiger partial charge in [0.05, 0.1) is 4.90 Å². The maximum Gasteiger partial charge on any atom is 0.261 e. The van der Waals surface area contributed by atoms with Gasteiger partial charge in [-0.2, -0.15) is 5.26 Å². The van der Waals surface area contributed by atoms with Crippen molar-refractivity contribution in [2.24, 2.45) is 0 Å². The summed E-state index contributed by atoms with van der Waals surface area (Å²) in [5, 5.41) is 12.9. The van der Waals surface area contributed by atoms with E-state index >= 15 is 0 Å². The molecular weight excluding hydrogens is 516 g/mol. The monoisotopic (exact) mass is 528 g/mol. The SMILES string of the molecule is N#C/C(=C\Nc1ccc(S(=O)(=O)Nc2ccc(Br)cc2)cc1)c1nc2cc(Cl)ccc2o1. The van der Waals surface area contributed by atoms with E-state index in [1.54, 1.807) is 54.6 Å². The second-order valence-corrected chi connectivity index (χ2v) is 9.62. The average Bonchev–Trinajstić information content (AvgIpc) is 3.19. The Balaban J connectivity index is 1.50. The van der Waals surface area contributed by atoms with Crippen LogP contribution in [0.3, 0.4) is 0 Å². The lowest BCUT2D eigenvalue weighted by Gasteiger charge is -2.09. The third-order valence-corrected chi connectivity index (χ3v) is 6.51. The van der Waals surface area contributed by atoms with Crippen molar-refractivity contribution >= 4 is 65.6 Å². The first kappa shape index (κ1) is 21.9. The molecule has 1 heterocycles. The van der Waals surface area contributed by atoms with Gasteiger partial charge in [-0.05, 0) is 66.7 Å². The smallest absolute Gasteiger partial charge is 0.261 e. The number of oxazole rings is 1. The number of sulfonamides is 1. The Morgan fingerprint density at radius 3 is 2.44 bits per heavy atom. The first-order valence-electron chi connectivity index (χ1n) is 9.16. The molecule has 2 N–H and O–H groups in total. The van der Waals surface area contributed by atoms with Gasteiger partial charge in [-0.25, -0.2) is 13.4 Å². The third kappa shape index (κ3) is 4.94. The molecule has 0 fully saturated rings. The maximum absolute atomic E-state index is 12.6. The number of nitrogens with zero attached hydrogens (tertiary/aromatic N) is 2. The number of hydrogen-bond donors (Lipinski definition) is 2. The minimum Gasteiger partial charge on any atom is -0.435 e. The van der Waals surface area contributed by atoms with Gasteiger partial charge in [0.2, 0.25) is 5.89 Å². The molecule has 32 heavy (non-hydrogen) atoms. The van der Waals surface area contributed by atoms with Crippen LogP contribution in [0.5, 0.6) is 0 Å². The molecule has 7 nitrogen and oxygen atoms in total. The molecule has 0 aliphatic rings. The fourth-order valence-corrected chi connectivity index (χ4v) is 4.26. The highest BCUT2D eigenvalue weighted by Gasteiger charge is 2.14. The molecule has 4 aromatic rings. The lowest BCUT2D eigenvalue weighted by atomic mass is 10.3. The lowest BCUT2D eigenvalue weighted by molar-refractivity contribution is 0.586. The number of allylic oxidation sites excluding steroid dienone is 1. The zero-order valence-electron chi connectivity index (χ0n) is 16.2. The largest absolute Gasteiger partial charge is 0.435 e. The zero-order valence-corrected chi connectivity index (χ0v) is 19.4. The van der Waals surface area contributed by atoms with E-state index in [2.05, 4.69) is 31.0 Å². The van der Waals surface area contributed by atoms with Crippen LogP contribution in [-0.4, -0.2) is 13.4 Å². The quantitative estimate of drug-likeness (QED) is 0.296. The average molecular weight is 530 g/mol. The van der Waals surface area contributed by atoms with E-state index < -0.39 is 10.0 Å². The molecule has 0 aliphatic heterocycles. The maximum atomic E-state index is 12.6. The van der Waals surface area contributed by atoms with Crippen molar-refractivity contribution in [2.45, 2.75) is 4.90 Å². The van der Waals surface area contributed by atoms with E-state index in [1.165, 1.54) is 18.3 Å². The second kappa shape index (κ2) is 9.04. The molecular formula is C22H14BrClN4O3S. The fourth-order valence-electron chi connectivity index (χ4n) is 2.78. The van der Waals surface area contributed by atoms with Gasteiger partial charge in [0.1, 0.15) is 17.2 Å². The molecule has 0 unspecified atom stereocenters. The summed E-state index contributed by atoms with van der Waals surface area (Å²) in [5.41, 5.74) is 2.27. The fraction of sp³-hybridized carbons (Fsp3) is 0. The van der Waals surface area contributed by atoms with Crippen LogP contribution in [0.2, 0.25) is 5.02 Å². The van der Waals surface area contributed by atoms with Gasteiger partial charge in [0.15, 0.2) is 5.58 Å². The van der Waals surface area contributed by atoms with Gasteiger partial charge in [0, 0.05) is 27.1 Å². The number of halogens is 2. The highest BCUT2D eigenvalue weighted by molar-refractivity contribution is 9.10. The molecule has 4 rings (SSSR count). The van der Waals surface area contributed by atoms with Crippen molar-refractivity contribution in [1.29, 1.82) is 5.26 Å². The number of rotatable bonds is 6. The summed E-state index contributed by atoms with van der Waals surface area (Å²) in [6.07, 6.45) is 1.44. The highest BCUT2D eigenvalue weighted by atomic mass is 79.9. The molecule has 0 radical (unpaired) electrons. The van der Waals surface area contributed by atoms with Gasteiger partial charge in [0.25, 0.3) is 10.0 Å². The molecule has 10 heteroatoms. The van der Waals surface area contributed by atoms with Crippen LogP contribution < -0.4 is 10.0 Å². The topological polar surface area (TPSA) is 108 Å². The van der Waals surface area contributed by atoms with Gasteiger partial charge in [-0.3, -0.25) is 4.72 Å². The molecule has 0 atom stereocenters. The van der Waals surface area contributed by atoms with Crippen LogP contribution in [0.1, 0.15) is 5.89 Å². The second-order valence-electron chi connectivity index (χ2n) is 6.58. The number of hydrogen-bond acceptors (Lipinski definition) is 6. The molecule has 0 amide bonds. The van der Waals surface area contributed by atoms with Crippen LogP contribution >= 0.6 is 27.5 Å². The number of fused-ring (bicyclic) bond motifs is 1. The normalized spacial score (nSPS) is 11.8. The summed E-state index contributed by atoms with van der Waals surface area (Å²) in [6, 6.07) is 19.9. The number of nitrogens with one attached hydrogen (secondary N) is 2. The zero-order chi connectivity index (χ0) is 22.7. The Kier molecular flexibility index (Phi) is 6.19. The minimum atomic E-state index is -3.74. The molecule has 0 saturated carbocycles. The number of aromatic nitrogens is 1. The first-order chi connectivity index (χ1) is 15.3. The molecule has 3 aromatic carbocycles. The summed E-state index contributed by atoms with van der Waals surface area (Å²) in [7, 11) is -3.74. The highest BCUT2D eigenvalue weighted by Crippen LogP contribution is 2.24. The van der Waals surface area contributed by atoms with E-state index in [1.807, 2.05) is 6.07 Å². The summed E-state index contributed by atoms with van der Waals surface area (Å²) >= 11 is 9.27. The van der Waals surface area contributed by atoms with Crippen molar-refractivity contribution in [3.8, 4) is 6.07 Å². The van der Waals surface area contributed by atoms with Gasteiger partial charge >= 0.3 is 0 Å². The van der Waals surface area contributed by atoms with E-state index in [0.717, 1.165) is 4.47 Å². The first-order valence-corrected chi connectivity index (χ1v) is 11.8. The van der Waals surface area contributed by atoms with Crippen LogP contribution in [-0.2, 0) is 10.0 Å². The van der Waals surface area contributed by atoms with Gasteiger partial charge in [-0.15, -0.1) is 0 Å². The van der Waals surface area contributed by atoms with E-state index in [9.17, 15) is 13.7 Å². The molecule has 0 spiro atoms. The summed E-state index contributed by atoms with van der Waals surface area (Å²) in [4.78, 5) is 4.38. The summed E-state index contributed by atoms with van der Waals surface area (Å²) in [6.45, 7) is 0. The molecule has 1 aromatic heterocycles. The van der Waals surface area contributed by atoms with E-state index in [0.29, 0.717) is 27.5 Å². The molecule has 160 valence electrons. The van der Waals surface area contributed by atoms with E-state index in [-0.39, 0.29) is 16.4 Å².